The van der Waals surface area contributed by atoms with Crippen molar-refractivity contribution >= 4 is 28.4 Å². The van der Waals surface area contributed by atoms with Crippen molar-refractivity contribution in [2.24, 2.45) is 0 Å². The van der Waals surface area contributed by atoms with Crippen LogP contribution in [0.4, 0.5) is 4.39 Å². The summed E-state index contributed by atoms with van der Waals surface area (Å²) in [7, 11) is 0. The first kappa shape index (κ1) is 20.6. The molecule has 162 valence electrons. The van der Waals surface area contributed by atoms with Gasteiger partial charge in [0.15, 0.2) is 0 Å². The summed E-state index contributed by atoms with van der Waals surface area (Å²) in [5, 5.41) is 12.0. The molecule has 1 amide bonds. The van der Waals surface area contributed by atoms with Crippen molar-refractivity contribution in [1.82, 2.24) is 9.47 Å². The fraction of sp³-hybridized carbons (Fsp3) is 0.192. The summed E-state index contributed by atoms with van der Waals surface area (Å²) in [5.41, 5.74) is 3.54. The molecule has 32 heavy (non-hydrogen) atoms. The Bertz CT molecular complexity index is 1320. The minimum Gasteiger partial charge on any atom is -0.508 e. The molecular formula is C26H22ClFN2O2. The maximum Gasteiger partial charge on any atom is 0.225 e. The summed E-state index contributed by atoms with van der Waals surface area (Å²) in [6, 6.07) is 19.1. The molecule has 6 heteroatoms. The lowest BCUT2D eigenvalue weighted by atomic mass is 9.87. The Hall–Kier alpha value is -3.31. The van der Waals surface area contributed by atoms with E-state index in [0.29, 0.717) is 23.7 Å². The van der Waals surface area contributed by atoms with Crippen molar-refractivity contribution in [3.63, 3.8) is 0 Å². The Morgan fingerprint density at radius 3 is 2.78 bits per heavy atom. The summed E-state index contributed by atoms with van der Waals surface area (Å²) in [4.78, 5) is 15.2. The number of aromatic nitrogens is 1. The number of nitrogens with zero attached hydrogens (tertiary/aromatic N) is 2. The molecule has 1 atom stereocenters. The quantitative estimate of drug-likeness (QED) is 0.435. The van der Waals surface area contributed by atoms with Crippen molar-refractivity contribution in [2.45, 2.75) is 25.4 Å². The van der Waals surface area contributed by atoms with Gasteiger partial charge in [-0.05, 0) is 65.4 Å². The third kappa shape index (κ3) is 3.73. The number of hydrogen-bond donors (Lipinski definition) is 1. The number of aryl methyl sites for hydroxylation is 1. The fourth-order valence-corrected chi connectivity index (χ4v) is 4.81. The van der Waals surface area contributed by atoms with Gasteiger partial charge in [-0.2, -0.15) is 0 Å². The second kappa shape index (κ2) is 8.32. The molecule has 3 aromatic carbocycles. The number of benzene rings is 3. The average Bonchev–Trinajstić information content (AvgIpc) is 3.20. The third-order valence-corrected chi connectivity index (χ3v) is 6.43. The van der Waals surface area contributed by atoms with Gasteiger partial charge in [-0.1, -0.05) is 35.9 Å². The molecule has 1 unspecified atom stereocenters. The van der Waals surface area contributed by atoms with Crippen LogP contribution in [0.25, 0.3) is 10.9 Å². The van der Waals surface area contributed by atoms with E-state index in [2.05, 4.69) is 6.07 Å². The summed E-state index contributed by atoms with van der Waals surface area (Å²) in [6.07, 6.45) is 2.89. The predicted molar refractivity (Wildman–Crippen MR) is 123 cm³/mol. The van der Waals surface area contributed by atoms with Crippen LogP contribution in [0.5, 0.6) is 5.75 Å². The lowest BCUT2D eigenvalue weighted by molar-refractivity contribution is -0.133. The van der Waals surface area contributed by atoms with Gasteiger partial charge in [0, 0.05) is 36.3 Å². The minimum absolute atomic E-state index is 0.0258. The van der Waals surface area contributed by atoms with Crippen LogP contribution in [0, 0.1) is 5.82 Å². The zero-order chi connectivity index (χ0) is 22.2. The third-order valence-electron chi connectivity index (χ3n) is 6.19. The molecule has 0 bridgehead atoms. The van der Waals surface area contributed by atoms with Crippen LogP contribution < -0.4 is 0 Å². The van der Waals surface area contributed by atoms with E-state index in [1.807, 2.05) is 39.9 Å². The van der Waals surface area contributed by atoms with E-state index in [9.17, 15) is 14.3 Å². The smallest absolute Gasteiger partial charge is 0.225 e. The van der Waals surface area contributed by atoms with Crippen LogP contribution in [0.3, 0.4) is 0 Å². The Kier molecular flexibility index (Phi) is 5.35. The number of carbonyl (C=O) groups is 1. The summed E-state index contributed by atoms with van der Waals surface area (Å²) < 4.78 is 15.6. The SMILES string of the molecule is O=C(CCn1ccc2ccc(F)cc21)N1CCc2ccccc2C1c1cc(Cl)ccc1O. The van der Waals surface area contributed by atoms with Crippen molar-refractivity contribution in [1.29, 1.82) is 0 Å². The summed E-state index contributed by atoms with van der Waals surface area (Å²) in [6.45, 7) is 0.992. The second-order valence-corrected chi connectivity index (χ2v) is 8.54. The normalized spacial score (nSPS) is 15.7. The molecule has 1 aliphatic rings. The van der Waals surface area contributed by atoms with Gasteiger partial charge in [-0.3, -0.25) is 4.79 Å². The van der Waals surface area contributed by atoms with Gasteiger partial charge < -0.3 is 14.6 Å². The highest BCUT2D eigenvalue weighted by molar-refractivity contribution is 6.30. The number of hydrogen-bond acceptors (Lipinski definition) is 2. The standard InChI is InChI=1S/C26H22ClFN2O2/c27-19-6-8-24(31)22(15-19)26-21-4-2-1-3-17(21)10-14-30(26)25(32)11-13-29-12-9-18-5-7-20(28)16-23(18)29/h1-9,12,15-16,26,31H,10-11,13-14H2. The molecule has 0 aliphatic carbocycles. The van der Waals surface area contributed by atoms with E-state index in [0.717, 1.165) is 28.5 Å². The first-order valence-corrected chi connectivity index (χ1v) is 11.0. The number of amides is 1. The van der Waals surface area contributed by atoms with Crippen LogP contribution in [0.15, 0.2) is 72.9 Å². The van der Waals surface area contributed by atoms with E-state index in [1.54, 1.807) is 24.3 Å². The molecular weight excluding hydrogens is 427 g/mol. The van der Waals surface area contributed by atoms with Crippen molar-refractivity contribution < 1.29 is 14.3 Å². The van der Waals surface area contributed by atoms with Gasteiger partial charge in [-0.25, -0.2) is 4.39 Å². The topological polar surface area (TPSA) is 45.5 Å². The highest BCUT2D eigenvalue weighted by Gasteiger charge is 2.33. The molecule has 0 fully saturated rings. The van der Waals surface area contributed by atoms with E-state index in [1.165, 1.54) is 12.1 Å². The van der Waals surface area contributed by atoms with E-state index < -0.39 is 6.04 Å². The maximum absolute atomic E-state index is 13.7. The lowest BCUT2D eigenvalue weighted by Crippen LogP contribution is -2.41. The fourth-order valence-electron chi connectivity index (χ4n) is 4.63. The molecule has 1 aliphatic heterocycles. The Morgan fingerprint density at radius 2 is 1.91 bits per heavy atom. The van der Waals surface area contributed by atoms with Crippen LogP contribution in [0.1, 0.15) is 29.2 Å². The Morgan fingerprint density at radius 1 is 1.06 bits per heavy atom. The van der Waals surface area contributed by atoms with Gasteiger partial charge in [-0.15, -0.1) is 0 Å². The van der Waals surface area contributed by atoms with E-state index in [-0.39, 0.29) is 23.9 Å². The molecule has 0 radical (unpaired) electrons. The van der Waals surface area contributed by atoms with E-state index >= 15 is 0 Å². The molecule has 4 aromatic rings. The maximum atomic E-state index is 13.7. The largest absolute Gasteiger partial charge is 0.508 e. The molecule has 5 rings (SSSR count). The molecule has 0 saturated heterocycles. The molecule has 4 nitrogen and oxygen atoms in total. The van der Waals surface area contributed by atoms with Gasteiger partial charge >= 0.3 is 0 Å². The van der Waals surface area contributed by atoms with Gasteiger partial charge in [0.05, 0.1) is 11.6 Å². The van der Waals surface area contributed by atoms with Crippen molar-refractivity contribution in [3.8, 4) is 5.75 Å². The number of fused-ring (bicyclic) bond motifs is 2. The van der Waals surface area contributed by atoms with Crippen molar-refractivity contribution in [3.05, 3.63) is 100 Å². The number of rotatable bonds is 4. The van der Waals surface area contributed by atoms with Crippen LogP contribution in [-0.4, -0.2) is 27.0 Å². The Balaban J connectivity index is 1.46. The number of phenolic OH excluding ortho intramolecular Hbond substituents is 1. The van der Waals surface area contributed by atoms with Crippen LogP contribution in [0.2, 0.25) is 5.02 Å². The highest BCUT2D eigenvalue weighted by Crippen LogP contribution is 2.40. The molecule has 0 spiro atoms. The highest BCUT2D eigenvalue weighted by atomic mass is 35.5. The van der Waals surface area contributed by atoms with E-state index in [4.69, 9.17) is 11.6 Å². The number of aromatic hydroxyl groups is 1. The van der Waals surface area contributed by atoms with Crippen LogP contribution >= 0.6 is 11.6 Å². The zero-order valence-corrected chi connectivity index (χ0v) is 18.1. The lowest BCUT2D eigenvalue weighted by Gasteiger charge is -2.38. The zero-order valence-electron chi connectivity index (χ0n) is 17.3. The molecule has 2 heterocycles. The monoisotopic (exact) mass is 448 g/mol. The summed E-state index contributed by atoms with van der Waals surface area (Å²) >= 11 is 6.24. The number of carbonyl (C=O) groups excluding carboxylic acids is 1. The average molecular weight is 449 g/mol. The molecule has 1 N–H and O–H groups in total. The minimum atomic E-state index is -0.412. The number of halogens is 2. The van der Waals surface area contributed by atoms with Gasteiger partial charge in [0.25, 0.3) is 0 Å². The van der Waals surface area contributed by atoms with Gasteiger partial charge in [0.1, 0.15) is 11.6 Å². The predicted octanol–water partition coefficient (Wildman–Crippen LogP) is 5.70. The summed E-state index contributed by atoms with van der Waals surface area (Å²) in [5.74, 6) is -0.212. The Labute approximate surface area is 190 Å². The molecule has 0 saturated carbocycles. The number of phenols is 1. The molecule has 1 aromatic heterocycles. The van der Waals surface area contributed by atoms with Crippen molar-refractivity contribution in [2.75, 3.05) is 6.54 Å². The first-order valence-electron chi connectivity index (χ1n) is 10.6. The van der Waals surface area contributed by atoms with Gasteiger partial charge in [0.2, 0.25) is 5.91 Å². The first-order chi connectivity index (χ1) is 15.5. The second-order valence-electron chi connectivity index (χ2n) is 8.10. The van der Waals surface area contributed by atoms with Crippen LogP contribution in [-0.2, 0) is 17.8 Å².